The summed E-state index contributed by atoms with van der Waals surface area (Å²) < 4.78 is 29.5. The highest BCUT2D eigenvalue weighted by Crippen LogP contribution is 2.23. The summed E-state index contributed by atoms with van der Waals surface area (Å²) in [4.78, 5) is 0. The zero-order valence-electron chi connectivity index (χ0n) is 10.9. The van der Waals surface area contributed by atoms with E-state index in [-0.39, 0.29) is 18.5 Å². The van der Waals surface area contributed by atoms with Crippen molar-refractivity contribution in [3.05, 3.63) is 34.9 Å². The van der Waals surface area contributed by atoms with E-state index < -0.39 is 15.1 Å². The number of benzene rings is 1. The van der Waals surface area contributed by atoms with Crippen molar-refractivity contribution in [3.63, 3.8) is 0 Å². The Balaban J connectivity index is 2.69. The highest BCUT2D eigenvalue weighted by atomic mass is 35.5. The van der Waals surface area contributed by atoms with Crippen LogP contribution < -0.4 is 0 Å². The largest absolute Gasteiger partial charge is 0.378 e. The maximum Gasteiger partial charge on any atom is 0.159 e. The average Bonchev–Trinajstić information content (AvgIpc) is 2.28. The minimum Gasteiger partial charge on any atom is -0.378 e. The van der Waals surface area contributed by atoms with Crippen LogP contribution >= 0.6 is 11.6 Å². The van der Waals surface area contributed by atoms with Crippen molar-refractivity contribution in [2.45, 2.75) is 32.1 Å². The second-order valence-corrected chi connectivity index (χ2v) is 7.36. The normalized spacial score (nSPS) is 13.8. The molecule has 0 spiro atoms. The van der Waals surface area contributed by atoms with Crippen molar-refractivity contribution in [3.8, 4) is 0 Å². The number of rotatable bonds is 6. The number of hydrogen-bond donors (Lipinski definition) is 0. The summed E-state index contributed by atoms with van der Waals surface area (Å²) in [5.41, 5.74) is 0.754. The van der Waals surface area contributed by atoms with Gasteiger partial charge in [0.05, 0.1) is 23.7 Å². The quantitative estimate of drug-likeness (QED) is 0.808. The van der Waals surface area contributed by atoms with Gasteiger partial charge < -0.3 is 4.74 Å². The Morgan fingerprint density at radius 3 is 2.22 bits per heavy atom. The van der Waals surface area contributed by atoms with Crippen LogP contribution in [0.1, 0.15) is 31.6 Å². The molecule has 0 bridgehead atoms. The fourth-order valence-electron chi connectivity index (χ4n) is 1.52. The number of halogens is 1. The van der Waals surface area contributed by atoms with Crippen LogP contribution in [0.3, 0.4) is 0 Å². The summed E-state index contributed by atoms with van der Waals surface area (Å²) in [6.45, 7) is 5.69. The Hall–Kier alpha value is -0.580. The van der Waals surface area contributed by atoms with Gasteiger partial charge in [-0.1, -0.05) is 23.7 Å². The van der Waals surface area contributed by atoms with Crippen molar-refractivity contribution in [1.29, 1.82) is 0 Å². The standard InChI is InChI=1S/C13H19ClO3S/c1-10(2)17-8-9-18(15,16)11(3)12-4-6-13(14)7-5-12/h4-7,10-11H,8-9H2,1-3H3/t11-/m1/s1. The van der Waals surface area contributed by atoms with Crippen molar-refractivity contribution >= 4 is 21.4 Å². The fraction of sp³-hybridized carbons (Fsp3) is 0.538. The van der Waals surface area contributed by atoms with Gasteiger partial charge in [-0.05, 0) is 38.5 Å². The second kappa shape index (κ2) is 6.55. The molecule has 0 heterocycles. The number of hydrogen-bond acceptors (Lipinski definition) is 3. The van der Waals surface area contributed by atoms with E-state index in [0.717, 1.165) is 5.56 Å². The van der Waals surface area contributed by atoms with E-state index in [1.807, 2.05) is 13.8 Å². The summed E-state index contributed by atoms with van der Waals surface area (Å²) in [7, 11) is -3.19. The molecule has 0 saturated carbocycles. The molecule has 0 amide bonds. The van der Waals surface area contributed by atoms with Gasteiger partial charge in [-0.3, -0.25) is 0 Å². The molecule has 0 fully saturated rings. The predicted molar refractivity (Wildman–Crippen MR) is 74.7 cm³/mol. The van der Waals surface area contributed by atoms with Gasteiger partial charge >= 0.3 is 0 Å². The molecular weight excluding hydrogens is 272 g/mol. The van der Waals surface area contributed by atoms with Crippen LogP contribution in [0.5, 0.6) is 0 Å². The number of sulfone groups is 1. The first-order valence-electron chi connectivity index (χ1n) is 5.91. The van der Waals surface area contributed by atoms with E-state index in [9.17, 15) is 8.42 Å². The number of ether oxygens (including phenoxy) is 1. The second-order valence-electron chi connectivity index (χ2n) is 4.48. The topological polar surface area (TPSA) is 43.4 Å². The third-order valence-corrected chi connectivity index (χ3v) is 5.03. The van der Waals surface area contributed by atoms with Gasteiger partial charge in [-0.2, -0.15) is 0 Å². The Bertz CT molecular complexity index is 466. The van der Waals surface area contributed by atoms with Crippen LogP contribution in [0.15, 0.2) is 24.3 Å². The molecule has 1 rings (SSSR count). The SMILES string of the molecule is CC(C)OCCS(=O)(=O)[C@H](C)c1ccc(Cl)cc1. The lowest BCUT2D eigenvalue weighted by Crippen LogP contribution is -2.19. The minimum atomic E-state index is -3.19. The van der Waals surface area contributed by atoms with E-state index in [1.54, 1.807) is 31.2 Å². The third kappa shape index (κ3) is 4.59. The minimum absolute atomic E-state index is 0.0367. The molecule has 5 heteroatoms. The molecule has 0 aliphatic rings. The Kier molecular flexibility index (Phi) is 5.63. The molecule has 0 aliphatic carbocycles. The van der Waals surface area contributed by atoms with E-state index in [2.05, 4.69) is 0 Å². The molecule has 18 heavy (non-hydrogen) atoms. The van der Waals surface area contributed by atoms with Crippen LogP contribution in [-0.2, 0) is 14.6 Å². The van der Waals surface area contributed by atoms with Gasteiger partial charge in [0.25, 0.3) is 0 Å². The van der Waals surface area contributed by atoms with Crippen LogP contribution in [0.4, 0.5) is 0 Å². The van der Waals surface area contributed by atoms with Gasteiger partial charge in [-0.25, -0.2) is 8.42 Å². The van der Waals surface area contributed by atoms with Crippen LogP contribution in [0.2, 0.25) is 5.02 Å². The molecule has 0 N–H and O–H groups in total. The Morgan fingerprint density at radius 1 is 1.17 bits per heavy atom. The van der Waals surface area contributed by atoms with Crippen molar-refractivity contribution in [2.24, 2.45) is 0 Å². The molecule has 0 aromatic heterocycles. The molecule has 1 aromatic carbocycles. The Labute approximate surface area is 114 Å². The highest BCUT2D eigenvalue weighted by Gasteiger charge is 2.22. The lowest BCUT2D eigenvalue weighted by molar-refractivity contribution is 0.0912. The average molecular weight is 291 g/mol. The maximum atomic E-state index is 12.1. The summed E-state index contributed by atoms with van der Waals surface area (Å²) in [5.74, 6) is 0.0367. The smallest absolute Gasteiger partial charge is 0.159 e. The van der Waals surface area contributed by atoms with E-state index in [1.165, 1.54) is 0 Å². The summed E-state index contributed by atoms with van der Waals surface area (Å²) >= 11 is 5.78. The van der Waals surface area contributed by atoms with E-state index in [0.29, 0.717) is 5.02 Å². The first kappa shape index (κ1) is 15.5. The van der Waals surface area contributed by atoms with Crippen molar-refractivity contribution < 1.29 is 13.2 Å². The van der Waals surface area contributed by atoms with Gasteiger partial charge in [0, 0.05) is 5.02 Å². The van der Waals surface area contributed by atoms with Crippen molar-refractivity contribution in [2.75, 3.05) is 12.4 Å². The predicted octanol–water partition coefficient (Wildman–Crippen LogP) is 3.24. The molecular formula is C13H19ClO3S. The Morgan fingerprint density at radius 2 is 1.72 bits per heavy atom. The molecule has 0 aliphatic heterocycles. The van der Waals surface area contributed by atoms with Gasteiger partial charge in [0.15, 0.2) is 9.84 Å². The molecule has 102 valence electrons. The molecule has 0 radical (unpaired) electrons. The van der Waals surface area contributed by atoms with Crippen molar-refractivity contribution in [1.82, 2.24) is 0 Å². The lowest BCUT2D eigenvalue weighted by atomic mass is 10.2. The zero-order chi connectivity index (χ0) is 13.8. The zero-order valence-corrected chi connectivity index (χ0v) is 12.5. The summed E-state index contributed by atoms with van der Waals surface area (Å²) in [6, 6.07) is 6.89. The van der Waals surface area contributed by atoms with Crippen LogP contribution in [0.25, 0.3) is 0 Å². The lowest BCUT2D eigenvalue weighted by Gasteiger charge is -2.14. The first-order chi connectivity index (χ1) is 8.33. The third-order valence-electron chi connectivity index (χ3n) is 2.70. The monoisotopic (exact) mass is 290 g/mol. The molecule has 0 unspecified atom stereocenters. The van der Waals surface area contributed by atoms with Gasteiger partial charge in [0.2, 0.25) is 0 Å². The molecule has 0 saturated heterocycles. The van der Waals surface area contributed by atoms with E-state index >= 15 is 0 Å². The van der Waals surface area contributed by atoms with Gasteiger partial charge in [0.1, 0.15) is 0 Å². The van der Waals surface area contributed by atoms with Crippen LogP contribution in [-0.4, -0.2) is 26.9 Å². The molecule has 1 aromatic rings. The molecule has 3 nitrogen and oxygen atoms in total. The van der Waals surface area contributed by atoms with E-state index in [4.69, 9.17) is 16.3 Å². The first-order valence-corrected chi connectivity index (χ1v) is 8.01. The maximum absolute atomic E-state index is 12.1. The van der Waals surface area contributed by atoms with Crippen LogP contribution in [0, 0.1) is 0 Å². The highest BCUT2D eigenvalue weighted by molar-refractivity contribution is 7.91. The van der Waals surface area contributed by atoms with Gasteiger partial charge in [-0.15, -0.1) is 0 Å². The molecule has 1 atom stereocenters. The summed E-state index contributed by atoms with van der Waals surface area (Å²) in [5, 5.41) is 0.0667. The summed E-state index contributed by atoms with van der Waals surface area (Å²) in [6.07, 6.45) is 0.0473. The fourth-order valence-corrected chi connectivity index (χ4v) is 2.90.